The van der Waals surface area contributed by atoms with Gasteiger partial charge in [0.2, 0.25) is 0 Å². The molecule has 1 atom stereocenters. The van der Waals surface area contributed by atoms with Gasteiger partial charge in [0.15, 0.2) is 6.10 Å². The number of ether oxygens (including phenoxy) is 1. The average Bonchev–Trinajstić information content (AvgIpc) is 3.00. The van der Waals surface area contributed by atoms with Crippen LogP contribution in [0.2, 0.25) is 5.02 Å². The van der Waals surface area contributed by atoms with Gasteiger partial charge >= 0.3 is 0 Å². The highest BCUT2D eigenvalue weighted by Crippen LogP contribution is 2.33. The second-order valence-electron chi connectivity index (χ2n) is 9.87. The van der Waals surface area contributed by atoms with E-state index in [1.807, 2.05) is 12.1 Å². The van der Waals surface area contributed by atoms with E-state index in [9.17, 15) is 9.59 Å². The monoisotopic (exact) mass is 560 g/mol. The molecule has 0 heterocycles. The molecule has 0 radical (unpaired) electrons. The van der Waals surface area contributed by atoms with Gasteiger partial charge in [0.25, 0.3) is 18.1 Å². The van der Waals surface area contributed by atoms with Crippen molar-refractivity contribution in [3.8, 4) is 5.75 Å². The highest BCUT2D eigenvalue weighted by Gasteiger charge is 2.25. The first-order chi connectivity index (χ1) is 19.4. The molecule has 1 saturated carbocycles. The molecular weight excluding hydrogens is 528 g/mol. The first kappa shape index (κ1) is 28.9. The summed E-state index contributed by atoms with van der Waals surface area (Å²) >= 11 is 5.99. The van der Waals surface area contributed by atoms with Crippen LogP contribution < -0.4 is 15.0 Å². The molecule has 3 aromatic carbocycles. The topological polar surface area (TPSA) is 131 Å². The van der Waals surface area contributed by atoms with Gasteiger partial charge in [-0.25, -0.2) is 11.1 Å². The molecule has 9 nitrogen and oxygen atoms in total. The van der Waals surface area contributed by atoms with E-state index in [1.54, 1.807) is 60.4 Å². The van der Waals surface area contributed by atoms with E-state index in [2.05, 4.69) is 27.7 Å². The molecule has 3 N–H and O–H groups in total. The summed E-state index contributed by atoms with van der Waals surface area (Å²) in [5, 5.41) is 9.10. The maximum Gasteiger partial charge on any atom is 0.268 e. The Kier molecular flexibility index (Phi) is 9.96. The van der Waals surface area contributed by atoms with Crippen molar-refractivity contribution in [3.63, 3.8) is 0 Å². The van der Waals surface area contributed by atoms with Gasteiger partial charge in [-0.3, -0.25) is 9.59 Å². The van der Waals surface area contributed by atoms with E-state index in [4.69, 9.17) is 27.4 Å². The minimum absolute atomic E-state index is 0.209. The van der Waals surface area contributed by atoms with Crippen molar-refractivity contribution in [1.82, 2.24) is 5.32 Å². The van der Waals surface area contributed by atoms with Crippen molar-refractivity contribution < 1.29 is 14.3 Å². The third kappa shape index (κ3) is 7.51. The molecule has 1 aliphatic carbocycles. The van der Waals surface area contributed by atoms with Crippen LogP contribution in [0.3, 0.4) is 0 Å². The van der Waals surface area contributed by atoms with Gasteiger partial charge in [0.05, 0.1) is 6.54 Å². The molecule has 10 heteroatoms. The summed E-state index contributed by atoms with van der Waals surface area (Å²) in [6, 6.07) is 21.9. The van der Waals surface area contributed by atoms with Crippen LogP contribution in [0.4, 0.5) is 5.69 Å². The fourth-order valence-electron chi connectivity index (χ4n) is 4.88. The number of benzene rings is 3. The largest absolute Gasteiger partial charge is 0.481 e. The number of nitrogens with zero attached hydrogens (tertiary/aromatic N) is 3. The van der Waals surface area contributed by atoms with Crippen molar-refractivity contribution in [2.45, 2.75) is 63.9 Å². The molecule has 0 spiro atoms. The molecule has 0 saturated heterocycles. The van der Waals surface area contributed by atoms with Crippen molar-refractivity contribution in [2.24, 2.45) is 10.2 Å². The molecule has 3 aromatic rings. The molecular formula is C30H33ClN6O3. The molecule has 40 heavy (non-hydrogen) atoms. The van der Waals surface area contributed by atoms with Gasteiger partial charge in [-0.05, 0) is 85.3 Å². The Balaban J connectivity index is 1.54. The summed E-state index contributed by atoms with van der Waals surface area (Å²) in [6.07, 6.45) is 4.17. The Morgan fingerprint density at radius 1 is 0.950 bits per heavy atom. The highest BCUT2D eigenvalue weighted by atomic mass is 35.5. The van der Waals surface area contributed by atoms with E-state index in [0.717, 1.165) is 11.3 Å². The van der Waals surface area contributed by atoms with Gasteiger partial charge in [-0.2, -0.15) is 0 Å². The third-order valence-electron chi connectivity index (χ3n) is 7.08. The number of hydrogen-bond donors (Lipinski definition) is 3. The summed E-state index contributed by atoms with van der Waals surface area (Å²) in [4.78, 5) is 27.8. The zero-order chi connectivity index (χ0) is 28.5. The molecule has 1 unspecified atom stereocenters. The minimum Gasteiger partial charge on any atom is -0.481 e. The van der Waals surface area contributed by atoms with Gasteiger partial charge < -0.3 is 15.0 Å². The van der Waals surface area contributed by atoms with Crippen LogP contribution in [-0.4, -0.2) is 24.2 Å². The van der Waals surface area contributed by atoms with E-state index < -0.39 is 18.3 Å². The lowest BCUT2D eigenvalue weighted by molar-refractivity contribution is -0.124. The molecule has 1 aliphatic rings. The molecule has 0 aromatic heterocycles. The quantitative estimate of drug-likeness (QED) is 0.210. The molecule has 2 amide bonds. The van der Waals surface area contributed by atoms with Crippen LogP contribution in [-0.2, 0) is 11.3 Å². The lowest BCUT2D eigenvalue weighted by atomic mass is 9.84. The molecule has 0 bridgehead atoms. The van der Waals surface area contributed by atoms with Crippen molar-refractivity contribution in [2.75, 3.05) is 4.90 Å². The molecule has 1 fully saturated rings. The smallest absolute Gasteiger partial charge is 0.268 e. The Morgan fingerprint density at radius 3 is 2.17 bits per heavy atom. The summed E-state index contributed by atoms with van der Waals surface area (Å²) in [5.41, 5.74) is 17.2. The number of amides is 2. The number of anilines is 1. The standard InChI is InChI=1S/C30H33ClN6O3/c1-20(40-27-17-13-25(31)14-18-27)29(39)37(26-15-11-23(12-16-26)22-5-3-2-4-6-22)19-21-7-9-24(10-8-21)28(38)34-30(35-32)36-33/h7-18,20,22,30,32-33H,2-6,19H2,1H3,(H,34,38). The number of hydrogen-bond acceptors (Lipinski definition) is 7. The normalized spacial score (nSPS) is 14.9. The predicted molar refractivity (Wildman–Crippen MR) is 153 cm³/mol. The number of rotatable bonds is 11. The van der Waals surface area contributed by atoms with E-state index >= 15 is 0 Å². The van der Waals surface area contributed by atoms with Crippen LogP contribution >= 0.6 is 11.6 Å². The highest BCUT2D eigenvalue weighted by molar-refractivity contribution is 6.30. The van der Waals surface area contributed by atoms with Gasteiger partial charge in [-0.1, -0.05) is 55.1 Å². The number of carbonyl (C=O) groups is 2. The van der Waals surface area contributed by atoms with E-state index in [-0.39, 0.29) is 12.5 Å². The van der Waals surface area contributed by atoms with E-state index in [0.29, 0.717) is 22.3 Å². The molecule has 4 rings (SSSR count). The first-order valence-corrected chi connectivity index (χ1v) is 13.7. The maximum atomic E-state index is 13.7. The van der Waals surface area contributed by atoms with Crippen LogP contribution in [0.15, 0.2) is 83.0 Å². The Hall–Kier alpha value is -4.11. The minimum atomic E-state index is -1.25. The summed E-state index contributed by atoms with van der Waals surface area (Å²) in [6.45, 7) is 1.99. The van der Waals surface area contributed by atoms with Crippen molar-refractivity contribution in [3.05, 3.63) is 94.5 Å². The summed E-state index contributed by atoms with van der Waals surface area (Å²) in [7, 11) is 0. The first-order valence-electron chi connectivity index (χ1n) is 13.3. The second kappa shape index (κ2) is 13.8. The Labute approximate surface area is 238 Å². The molecule has 208 valence electrons. The lowest BCUT2D eigenvalue weighted by Crippen LogP contribution is -2.40. The van der Waals surface area contributed by atoms with E-state index in [1.165, 1.54) is 37.7 Å². The van der Waals surface area contributed by atoms with Gasteiger partial charge in [0.1, 0.15) is 5.75 Å². The second-order valence-corrected chi connectivity index (χ2v) is 10.3. The summed E-state index contributed by atoms with van der Waals surface area (Å²) < 4.78 is 5.95. The van der Waals surface area contributed by atoms with Crippen LogP contribution in [0.1, 0.15) is 66.4 Å². The predicted octanol–water partition coefficient (Wildman–Crippen LogP) is 7.46. The van der Waals surface area contributed by atoms with Gasteiger partial charge in [0, 0.05) is 16.3 Å². The lowest BCUT2D eigenvalue weighted by Gasteiger charge is -2.28. The average molecular weight is 561 g/mol. The zero-order valence-electron chi connectivity index (χ0n) is 22.3. The van der Waals surface area contributed by atoms with Crippen molar-refractivity contribution in [1.29, 1.82) is 11.1 Å². The van der Waals surface area contributed by atoms with Crippen LogP contribution in [0, 0.1) is 11.1 Å². The van der Waals surface area contributed by atoms with Crippen molar-refractivity contribution >= 4 is 29.1 Å². The van der Waals surface area contributed by atoms with Crippen LogP contribution in [0.25, 0.3) is 0 Å². The third-order valence-corrected chi connectivity index (χ3v) is 7.34. The fraction of sp³-hybridized carbons (Fsp3) is 0.333. The zero-order valence-corrected chi connectivity index (χ0v) is 23.1. The number of halogens is 1. The Morgan fingerprint density at radius 2 is 1.57 bits per heavy atom. The summed E-state index contributed by atoms with van der Waals surface area (Å²) in [5.74, 6) is 0.396. The van der Waals surface area contributed by atoms with Gasteiger partial charge in [-0.15, -0.1) is 10.2 Å². The number of nitrogens with one attached hydrogen (secondary N) is 3. The SMILES string of the molecule is CC(Oc1ccc(Cl)cc1)C(=O)N(Cc1ccc(C(=O)NC(N=N)N=N)cc1)c1ccc(C2CCCCC2)cc1. The molecule has 0 aliphatic heterocycles. The number of carbonyl (C=O) groups excluding carboxylic acids is 2. The fourth-order valence-corrected chi connectivity index (χ4v) is 5.01. The Bertz CT molecular complexity index is 1300. The maximum absolute atomic E-state index is 13.7. The van der Waals surface area contributed by atoms with Crippen LogP contribution in [0.5, 0.6) is 5.75 Å².